The van der Waals surface area contributed by atoms with E-state index in [4.69, 9.17) is 5.41 Å². The Morgan fingerprint density at radius 1 is 1.10 bits per heavy atom. The summed E-state index contributed by atoms with van der Waals surface area (Å²) >= 11 is 0. The molecule has 0 saturated carbocycles. The van der Waals surface area contributed by atoms with Crippen LogP contribution in [0.5, 0.6) is 0 Å². The summed E-state index contributed by atoms with van der Waals surface area (Å²) in [5.74, 6) is -0.820. The lowest BCUT2D eigenvalue weighted by Crippen LogP contribution is -2.12. The van der Waals surface area contributed by atoms with E-state index in [9.17, 15) is 19.0 Å². The van der Waals surface area contributed by atoms with E-state index in [0.29, 0.717) is 25.0 Å². The number of halogens is 2. The highest BCUT2D eigenvalue weighted by atomic mass is 19.1. The van der Waals surface area contributed by atoms with E-state index < -0.39 is 6.10 Å². The summed E-state index contributed by atoms with van der Waals surface area (Å²) in [4.78, 5) is 4.15. The summed E-state index contributed by atoms with van der Waals surface area (Å²) in [6, 6.07) is 12.4. The molecule has 0 aliphatic rings. The molecule has 29 heavy (non-hydrogen) atoms. The Morgan fingerprint density at radius 2 is 1.86 bits per heavy atom. The second-order valence-corrected chi connectivity index (χ2v) is 6.61. The van der Waals surface area contributed by atoms with E-state index in [2.05, 4.69) is 4.98 Å². The standard InChI is InChI=1S/C22H21F2N3O2/c23-17-6-4-15(5-7-17)19(16-2-1-3-18(24)12-16)8-10-27-11-9-26-22(27)13-20(28)21(29)14-25/h1-7,9,11-14,19,21,25,28-29H,8,10H2/b20-13-,25-14?/t19-,21?/m1/s1. The second kappa shape index (κ2) is 9.25. The highest BCUT2D eigenvalue weighted by Crippen LogP contribution is 2.29. The Morgan fingerprint density at radius 3 is 2.55 bits per heavy atom. The molecule has 0 aliphatic carbocycles. The molecule has 0 fully saturated rings. The normalized spacial score (nSPS) is 13.8. The second-order valence-electron chi connectivity index (χ2n) is 6.61. The molecule has 0 amide bonds. The van der Waals surface area contributed by atoms with Crippen molar-refractivity contribution in [1.29, 1.82) is 5.41 Å². The predicted molar refractivity (Wildman–Crippen MR) is 107 cm³/mol. The largest absolute Gasteiger partial charge is 0.509 e. The number of hydrogen-bond donors (Lipinski definition) is 3. The van der Waals surface area contributed by atoms with Crippen LogP contribution in [0.2, 0.25) is 0 Å². The van der Waals surface area contributed by atoms with Gasteiger partial charge < -0.3 is 20.2 Å². The van der Waals surface area contributed by atoms with Gasteiger partial charge in [-0.3, -0.25) is 0 Å². The predicted octanol–water partition coefficient (Wildman–Crippen LogP) is 4.29. The highest BCUT2D eigenvalue weighted by molar-refractivity contribution is 5.66. The Balaban J connectivity index is 1.86. The minimum absolute atomic E-state index is 0.175. The fourth-order valence-corrected chi connectivity index (χ4v) is 3.17. The van der Waals surface area contributed by atoms with Crippen molar-refractivity contribution < 1.29 is 19.0 Å². The van der Waals surface area contributed by atoms with Crippen LogP contribution in [0.3, 0.4) is 0 Å². The molecular weight excluding hydrogens is 376 g/mol. The zero-order valence-electron chi connectivity index (χ0n) is 15.5. The molecule has 0 saturated heterocycles. The molecule has 3 rings (SSSR count). The molecule has 3 N–H and O–H groups in total. The SMILES string of the molecule is N=CC(O)/C(O)=C/c1nccn1CC[C@H](c1ccc(F)cc1)c1cccc(F)c1. The van der Waals surface area contributed by atoms with E-state index in [0.717, 1.165) is 11.1 Å². The third kappa shape index (κ3) is 5.14. The number of aliphatic hydroxyl groups excluding tert-OH is 2. The van der Waals surface area contributed by atoms with Crippen molar-refractivity contribution in [1.82, 2.24) is 9.55 Å². The number of rotatable bonds is 8. The van der Waals surface area contributed by atoms with Gasteiger partial charge in [-0.1, -0.05) is 24.3 Å². The van der Waals surface area contributed by atoms with Gasteiger partial charge in [0.2, 0.25) is 0 Å². The molecule has 0 bridgehead atoms. The van der Waals surface area contributed by atoms with Gasteiger partial charge in [-0.15, -0.1) is 0 Å². The number of nitrogens with zero attached hydrogens (tertiary/aromatic N) is 2. The zero-order chi connectivity index (χ0) is 20.8. The Hall–Kier alpha value is -3.32. The summed E-state index contributed by atoms with van der Waals surface area (Å²) in [5, 5.41) is 26.4. The third-order valence-corrected chi connectivity index (χ3v) is 4.67. The average molecular weight is 397 g/mol. The molecule has 0 spiro atoms. The van der Waals surface area contributed by atoms with Gasteiger partial charge in [0.05, 0.1) is 0 Å². The average Bonchev–Trinajstić information content (AvgIpc) is 3.15. The van der Waals surface area contributed by atoms with Crippen LogP contribution in [0.1, 0.15) is 29.3 Å². The summed E-state index contributed by atoms with van der Waals surface area (Å²) < 4.78 is 28.9. The summed E-state index contributed by atoms with van der Waals surface area (Å²) in [6.07, 6.45) is 4.48. The van der Waals surface area contributed by atoms with E-state index in [1.807, 2.05) is 6.07 Å². The number of nitrogens with one attached hydrogen (secondary N) is 1. The van der Waals surface area contributed by atoms with Gasteiger partial charge in [0.1, 0.15) is 29.3 Å². The number of imidazole rings is 1. The lowest BCUT2D eigenvalue weighted by molar-refractivity contribution is 0.214. The van der Waals surface area contributed by atoms with Crippen LogP contribution in [-0.2, 0) is 6.54 Å². The molecule has 5 nitrogen and oxygen atoms in total. The first kappa shape index (κ1) is 20.4. The molecule has 7 heteroatoms. The molecule has 3 aromatic rings. The smallest absolute Gasteiger partial charge is 0.145 e. The summed E-state index contributed by atoms with van der Waals surface area (Å²) in [6.45, 7) is 0.484. The zero-order valence-corrected chi connectivity index (χ0v) is 15.5. The molecule has 1 heterocycles. The summed E-state index contributed by atoms with van der Waals surface area (Å²) in [7, 11) is 0. The lowest BCUT2D eigenvalue weighted by atomic mass is 9.88. The first-order valence-electron chi connectivity index (χ1n) is 9.09. The van der Waals surface area contributed by atoms with Crippen molar-refractivity contribution in [3.05, 3.63) is 95.3 Å². The topological polar surface area (TPSA) is 82.1 Å². The van der Waals surface area contributed by atoms with Crippen molar-refractivity contribution in [3.8, 4) is 0 Å². The quantitative estimate of drug-likeness (QED) is 0.392. The lowest BCUT2D eigenvalue weighted by Gasteiger charge is -2.19. The van der Waals surface area contributed by atoms with Crippen LogP contribution >= 0.6 is 0 Å². The van der Waals surface area contributed by atoms with E-state index in [-0.39, 0.29) is 23.3 Å². The maximum atomic E-state index is 13.8. The van der Waals surface area contributed by atoms with Gasteiger partial charge >= 0.3 is 0 Å². The van der Waals surface area contributed by atoms with Crippen LogP contribution in [-0.4, -0.2) is 32.1 Å². The fourth-order valence-electron chi connectivity index (χ4n) is 3.17. The van der Waals surface area contributed by atoms with Gasteiger partial charge in [-0.25, -0.2) is 13.8 Å². The number of aliphatic hydroxyl groups is 2. The van der Waals surface area contributed by atoms with Crippen molar-refractivity contribution in [3.63, 3.8) is 0 Å². The first-order chi connectivity index (χ1) is 14.0. The van der Waals surface area contributed by atoms with Crippen molar-refractivity contribution in [2.75, 3.05) is 0 Å². The van der Waals surface area contributed by atoms with Gasteiger partial charge in [0, 0.05) is 37.1 Å². The molecule has 0 radical (unpaired) electrons. The van der Waals surface area contributed by atoms with Crippen molar-refractivity contribution >= 4 is 12.3 Å². The minimum atomic E-state index is -1.39. The van der Waals surface area contributed by atoms with Crippen LogP contribution in [0, 0.1) is 17.0 Å². The molecule has 1 unspecified atom stereocenters. The molecule has 2 atom stereocenters. The summed E-state index contributed by atoms with van der Waals surface area (Å²) in [5.41, 5.74) is 1.63. The first-order valence-corrected chi connectivity index (χ1v) is 9.09. The van der Waals surface area contributed by atoms with Gasteiger partial charge in [0.15, 0.2) is 0 Å². The highest BCUT2D eigenvalue weighted by Gasteiger charge is 2.16. The Kier molecular flexibility index (Phi) is 6.51. The monoisotopic (exact) mass is 397 g/mol. The number of aromatic nitrogens is 2. The third-order valence-electron chi connectivity index (χ3n) is 4.67. The minimum Gasteiger partial charge on any atom is -0.509 e. The number of hydrogen-bond acceptors (Lipinski definition) is 4. The van der Waals surface area contributed by atoms with Crippen LogP contribution < -0.4 is 0 Å². The van der Waals surface area contributed by atoms with E-state index in [1.54, 1.807) is 35.2 Å². The number of aryl methyl sites for hydroxylation is 1. The van der Waals surface area contributed by atoms with Gasteiger partial charge in [0.25, 0.3) is 0 Å². The molecule has 150 valence electrons. The molecule has 2 aromatic carbocycles. The van der Waals surface area contributed by atoms with Gasteiger partial charge in [-0.2, -0.15) is 0 Å². The molecule has 0 aliphatic heterocycles. The Bertz CT molecular complexity index is 999. The maximum absolute atomic E-state index is 13.8. The Labute approximate surface area is 167 Å². The van der Waals surface area contributed by atoms with Crippen LogP contribution in [0.4, 0.5) is 8.78 Å². The van der Waals surface area contributed by atoms with Gasteiger partial charge in [-0.05, 0) is 41.8 Å². The van der Waals surface area contributed by atoms with Crippen molar-refractivity contribution in [2.24, 2.45) is 0 Å². The van der Waals surface area contributed by atoms with Crippen LogP contribution in [0.15, 0.2) is 66.7 Å². The molecule has 1 aromatic heterocycles. The fraction of sp³-hybridized carbons (Fsp3) is 0.182. The molecular formula is C22H21F2N3O2. The number of benzene rings is 2. The van der Waals surface area contributed by atoms with Crippen molar-refractivity contribution in [2.45, 2.75) is 25.0 Å². The van der Waals surface area contributed by atoms with E-state index in [1.165, 1.54) is 30.3 Å². The van der Waals surface area contributed by atoms with E-state index >= 15 is 0 Å². The maximum Gasteiger partial charge on any atom is 0.145 e. The van der Waals surface area contributed by atoms with Crippen LogP contribution in [0.25, 0.3) is 6.08 Å².